The number of carboxylic acid groups (broad SMARTS) is 1. The minimum absolute atomic E-state index is 0.0878. The summed E-state index contributed by atoms with van der Waals surface area (Å²) in [6, 6.07) is 7.66. The normalized spacial score (nSPS) is 10.4. The van der Waals surface area contributed by atoms with Gasteiger partial charge in [-0.2, -0.15) is 0 Å². The molecule has 0 saturated carbocycles. The Kier molecular flexibility index (Phi) is 4.75. The molecule has 0 saturated heterocycles. The Hall–Kier alpha value is -2.14. The molecule has 2 aromatic carbocycles. The summed E-state index contributed by atoms with van der Waals surface area (Å²) in [6.07, 6.45) is 0.347. The van der Waals surface area contributed by atoms with Gasteiger partial charge in [0.15, 0.2) is 0 Å². The van der Waals surface area contributed by atoms with Crippen LogP contribution in [-0.4, -0.2) is 17.6 Å². The molecule has 0 radical (unpaired) electrons. The highest BCUT2D eigenvalue weighted by atomic mass is 35.5. The van der Waals surface area contributed by atoms with Crippen molar-refractivity contribution in [3.8, 4) is 0 Å². The Bertz CT molecular complexity index is 656. The number of hydrogen-bond acceptors (Lipinski definition) is 2. The van der Waals surface area contributed by atoms with Gasteiger partial charge in [-0.3, -0.25) is 0 Å². The minimum atomic E-state index is -1.08. The van der Waals surface area contributed by atoms with E-state index < -0.39 is 17.6 Å². The summed E-state index contributed by atoms with van der Waals surface area (Å²) in [5, 5.41) is 12.4. The molecular weight excluding hydrogens is 300 g/mol. The van der Waals surface area contributed by atoms with Crippen LogP contribution in [0.2, 0.25) is 5.02 Å². The third-order valence-corrected chi connectivity index (χ3v) is 3.10. The van der Waals surface area contributed by atoms with E-state index in [1.54, 1.807) is 0 Å². The van der Waals surface area contributed by atoms with E-state index in [4.69, 9.17) is 16.7 Å². The molecule has 2 aromatic rings. The predicted molar refractivity (Wildman–Crippen MR) is 77.0 cm³/mol. The van der Waals surface area contributed by atoms with Crippen molar-refractivity contribution in [3.63, 3.8) is 0 Å². The quantitative estimate of drug-likeness (QED) is 0.878. The molecule has 0 bridgehead atoms. The van der Waals surface area contributed by atoms with Gasteiger partial charge in [-0.1, -0.05) is 11.6 Å². The molecule has 0 atom stereocenters. The summed E-state index contributed by atoms with van der Waals surface area (Å²) in [7, 11) is 0. The number of halogens is 3. The molecular formula is C15H12ClF2NO2. The molecule has 110 valence electrons. The molecule has 21 heavy (non-hydrogen) atoms. The van der Waals surface area contributed by atoms with E-state index in [-0.39, 0.29) is 5.56 Å². The van der Waals surface area contributed by atoms with E-state index in [2.05, 4.69) is 5.32 Å². The monoisotopic (exact) mass is 311 g/mol. The van der Waals surface area contributed by atoms with Crippen molar-refractivity contribution in [3.05, 3.63) is 64.2 Å². The molecule has 0 aliphatic rings. The number of nitrogens with one attached hydrogen (secondary N) is 1. The van der Waals surface area contributed by atoms with E-state index in [1.165, 1.54) is 30.3 Å². The average Bonchev–Trinajstić information content (AvgIpc) is 2.37. The van der Waals surface area contributed by atoms with E-state index in [1.807, 2.05) is 0 Å². The largest absolute Gasteiger partial charge is 0.478 e. The number of benzene rings is 2. The topological polar surface area (TPSA) is 49.3 Å². The molecule has 6 heteroatoms. The predicted octanol–water partition coefficient (Wildman–Crippen LogP) is 3.97. The van der Waals surface area contributed by atoms with E-state index in [0.717, 1.165) is 6.07 Å². The maximum Gasteiger partial charge on any atom is 0.337 e. The van der Waals surface area contributed by atoms with Crippen LogP contribution in [-0.2, 0) is 6.42 Å². The van der Waals surface area contributed by atoms with Crippen LogP contribution in [0.15, 0.2) is 36.4 Å². The Morgan fingerprint density at radius 2 is 1.81 bits per heavy atom. The first-order valence-corrected chi connectivity index (χ1v) is 6.55. The fraction of sp³-hybridized carbons (Fsp3) is 0.133. The summed E-state index contributed by atoms with van der Waals surface area (Å²) in [4.78, 5) is 11.1. The summed E-state index contributed by atoms with van der Waals surface area (Å²) in [6.45, 7) is 0.323. The number of anilines is 1. The molecule has 2 rings (SSSR count). The summed E-state index contributed by atoms with van der Waals surface area (Å²) in [5.74, 6) is -2.36. The third-order valence-electron chi connectivity index (χ3n) is 2.86. The Balaban J connectivity index is 2.06. The Morgan fingerprint density at radius 1 is 1.14 bits per heavy atom. The van der Waals surface area contributed by atoms with Crippen molar-refractivity contribution in [2.24, 2.45) is 0 Å². The van der Waals surface area contributed by atoms with Crippen molar-refractivity contribution in [1.29, 1.82) is 0 Å². The average molecular weight is 312 g/mol. The second kappa shape index (κ2) is 6.54. The van der Waals surface area contributed by atoms with Gasteiger partial charge in [-0.15, -0.1) is 0 Å². The SMILES string of the molecule is O=C(O)c1ccc(Cl)cc1NCCc1cc(F)cc(F)c1. The highest BCUT2D eigenvalue weighted by molar-refractivity contribution is 6.31. The molecule has 0 fully saturated rings. The number of carbonyl (C=O) groups is 1. The van der Waals surface area contributed by atoms with Crippen LogP contribution in [0.25, 0.3) is 0 Å². The summed E-state index contributed by atoms with van der Waals surface area (Å²) in [5.41, 5.74) is 0.940. The first-order chi connectivity index (χ1) is 9.95. The van der Waals surface area contributed by atoms with Crippen molar-refractivity contribution in [1.82, 2.24) is 0 Å². The lowest BCUT2D eigenvalue weighted by Gasteiger charge is -2.10. The molecule has 0 spiro atoms. The van der Waals surface area contributed by atoms with E-state index >= 15 is 0 Å². The molecule has 0 aliphatic heterocycles. The fourth-order valence-corrected chi connectivity index (χ4v) is 2.12. The van der Waals surface area contributed by atoms with Crippen molar-refractivity contribution >= 4 is 23.3 Å². The Labute approximate surface area is 125 Å². The van der Waals surface area contributed by atoms with Crippen LogP contribution in [0.1, 0.15) is 15.9 Å². The van der Waals surface area contributed by atoms with Gasteiger partial charge in [0.1, 0.15) is 11.6 Å². The molecule has 0 amide bonds. The second-order valence-corrected chi connectivity index (χ2v) is 4.89. The van der Waals surface area contributed by atoms with E-state index in [9.17, 15) is 13.6 Å². The lowest BCUT2D eigenvalue weighted by atomic mass is 10.1. The van der Waals surface area contributed by atoms with Gasteiger partial charge in [0.25, 0.3) is 0 Å². The van der Waals surface area contributed by atoms with Gasteiger partial charge < -0.3 is 10.4 Å². The number of hydrogen-bond donors (Lipinski definition) is 2. The lowest BCUT2D eigenvalue weighted by molar-refractivity contribution is 0.0698. The molecule has 0 unspecified atom stereocenters. The van der Waals surface area contributed by atoms with Gasteiger partial charge in [-0.05, 0) is 42.3 Å². The number of rotatable bonds is 5. The zero-order valence-corrected chi connectivity index (χ0v) is 11.6. The molecule has 3 nitrogen and oxygen atoms in total. The van der Waals surface area contributed by atoms with Crippen LogP contribution in [0, 0.1) is 11.6 Å². The highest BCUT2D eigenvalue weighted by Crippen LogP contribution is 2.21. The summed E-state index contributed by atoms with van der Waals surface area (Å²) < 4.78 is 26.1. The smallest absolute Gasteiger partial charge is 0.337 e. The Morgan fingerprint density at radius 3 is 2.43 bits per heavy atom. The van der Waals surface area contributed by atoms with Crippen LogP contribution >= 0.6 is 11.6 Å². The van der Waals surface area contributed by atoms with Crippen LogP contribution in [0.4, 0.5) is 14.5 Å². The minimum Gasteiger partial charge on any atom is -0.478 e. The number of carboxylic acids is 1. The zero-order valence-electron chi connectivity index (χ0n) is 10.9. The fourth-order valence-electron chi connectivity index (χ4n) is 1.95. The van der Waals surface area contributed by atoms with E-state index in [0.29, 0.717) is 29.2 Å². The van der Waals surface area contributed by atoms with Gasteiger partial charge in [0, 0.05) is 17.6 Å². The standard InChI is InChI=1S/C15H12ClF2NO2/c16-10-1-2-13(15(20)21)14(7-10)19-4-3-9-5-11(17)8-12(18)6-9/h1-2,5-8,19H,3-4H2,(H,20,21). The van der Waals surface area contributed by atoms with Gasteiger partial charge in [0.05, 0.1) is 11.3 Å². The molecule has 2 N–H and O–H groups in total. The van der Waals surface area contributed by atoms with Gasteiger partial charge in [-0.25, -0.2) is 13.6 Å². The first kappa shape index (κ1) is 15.3. The van der Waals surface area contributed by atoms with Crippen LogP contribution in [0.5, 0.6) is 0 Å². The van der Waals surface area contributed by atoms with Gasteiger partial charge in [0.2, 0.25) is 0 Å². The maximum absolute atomic E-state index is 13.0. The van der Waals surface area contributed by atoms with Crippen LogP contribution in [0.3, 0.4) is 0 Å². The van der Waals surface area contributed by atoms with Crippen molar-refractivity contribution < 1.29 is 18.7 Å². The maximum atomic E-state index is 13.0. The lowest BCUT2D eigenvalue weighted by Crippen LogP contribution is -2.09. The molecule has 0 aromatic heterocycles. The molecule has 0 aliphatic carbocycles. The van der Waals surface area contributed by atoms with Crippen molar-refractivity contribution in [2.45, 2.75) is 6.42 Å². The number of aromatic carboxylic acids is 1. The third kappa shape index (κ3) is 4.16. The van der Waals surface area contributed by atoms with Crippen molar-refractivity contribution in [2.75, 3.05) is 11.9 Å². The first-order valence-electron chi connectivity index (χ1n) is 6.17. The second-order valence-electron chi connectivity index (χ2n) is 4.45. The van der Waals surface area contributed by atoms with Crippen LogP contribution < -0.4 is 5.32 Å². The molecule has 0 heterocycles. The highest BCUT2D eigenvalue weighted by Gasteiger charge is 2.10. The summed E-state index contributed by atoms with van der Waals surface area (Å²) >= 11 is 5.83. The zero-order chi connectivity index (χ0) is 15.4. The van der Waals surface area contributed by atoms with Gasteiger partial charge >= 0.3 is 5.97 Å².